The van der Waals surface area contributed by atoms with E-state index >= 15 is 0 Å². The number of nitrogens with zero attached hydrogens (tertiary/aromatic N) is 3. The minimum atomic E-state index is -0.457. The molecule has 0 saturated carbocycles. The van der Waals surface area contributed by atoms with Crippen LogP contribution in [0, 0.1) is 5.82 Å². The Labute approximate surface area is 173 Å². The molecule has 1 heterocycles. The zero-order valence-electron chi connectivity index (χ0n) is 18.0. The molecule has 1 aliphatic rings. The largest absolute Gasteiger partial charge is 0.444 e. The molecule has 162 valence electrons. The van der Waals surface area contributed by atoms with Gasteiger partial charge < -0.3 is 20.3 Å². The quantitative estimate of drug-likeness (QED) is 0.431. The van der Waals surface area contributed by atoms with Crippen LogP contribution in [0.2, 0.25) is 0 Å². The molecule has 0 aromatic heterocycles. The smallest absolute Gasteiger partial charge is 0.410 e. The van der Waals surface area contributed by atoms with Crippen LogP contribution >= 0.6 is 0 Å². The Morgan fingerprint density at radius 3 is 2.55 bits per heavy atom. The Morgan fingerprint density at radius 2 is 1.93 bits per heavy atom. The van der Waals surface area contributed by atoms with Crippen molar-refractivity contribution in [2.75, 3.05) is 46.3 Å². The first-order chi connectivity index (χ1) is 13.8. The minimum Gasteiger partial charge on any atom is -0.444 e. The van der Waals surface area contributed by atoms with Crippen molar-refractivity contribution in [3.63, 3.8) is 0 Å². The summed E-state index contributed by atoms with van der Waals surface area (Å²) in [6.45, 7) is 11.0. The van der Waals surface area contributed by atoms with Crippen LogP contribution in [-0.4, -0.2) is 73.8 Å². The zero-order chi connectivity index (χ0) is 21.3. The first-order valence-electron chi connectivity index (χ1n) is 10.2. The molecular weight excluding hydrogens is 373 g/mol. The summed E-state index contributed by atoms with van der Waals surface area (Å²) in [5.74, 6) is 0.461. The third-order valence-corrected chi connectivity index (χ3v) is 4.54. The van der Waals surface area contributed by atoms with Crippen molar-refractivity contribution in [1.82, 2.24) is 20.4 Å². The van der Waals surface area contributed by atoms with E-state index in [1.807, 2.05) is 26.8 Å². The summed E-state index contributed by atoms with van der Waals surface area (Å²) < 4.78 is 18.7. The third-order valence-electron chi connectivity index (χ3n) is 4.54. The third kappa shape index (κ3) is 8.68. The van der Waals surface area contributed by atoms with Gasteiger partial charge in [0.15, 0.2) is 5.96 Å². The number of piperazine rings is 1. The van der Waals surface area contributed by atoms with Gasteiger partial charge in [-0.2, -0.15) is 0 Å². The van der Waals surface area contributed by atoms with E-state index in [0.29, 0.717) is 25.6 Å². The molecule has 0 unspecified atom stereocenters. The van der Waals surface area contributed by atoms with E-state index in [-0.39, 0.29) is 11.9 Å². The summed E-state index contributed by atoms with van der Waals surface area (Å²) in [5, 5.41) is 6.47. The second kappa shape index (κ2) is 11.0. The van der Waals surface area contributed by atoms with Gasteiger partial charge >= 0.3 is 6.09 Å². The second-order valence-corrected chi connectivity index (χ2v) is 8.15. The average molecular weight is 408 g/mol. The number of amides is 1. The van der Waals surface area contributed by atoms with Crippen molar-refractivity contribution in [3.05, 3.63) is 35.6 Å². The van der Waals surface area contributed by atoms with Crippen LogP contribution in [0.1, 0.15) is 32.8 Å². The van der Waals surface area contributed by atoms with Gasteiger partial charge in [-0.25, -0.2) is 9.18 Å². The lowest BCUT2D eigenvalue weighted by molar-refractivity contribution is 0.0145. The molecule has 2 N–H and O–H groups in total. The van der Waals surface area contributed by atoms with E-state index in [2.05, 4.69) is 20.5 Å². The number of halogens is 1. The molecule has 7 nitrogen and oxygen atoms in total. The van der Waals surface area contributed by atoms with Gasteiger partial charge in [0.1, 0.15) is 11.4 Å². The fourth-order valence-electron chi connectivity index (χ4n) is 3.04. The summed E-state index contributed by atoms with van der Waals surface area (Å²) in [5.41, 5.74) is 0.414. The first kappa shape index (κ1) is 22.9. The van der Waals surface area contributed by atoms with Gasteiger partial charge in [0, 0.05) is 46.3 Å². The summed E-state index contributed by atoms with van der Waals surface area (Å²) in [6.07, 6.45) is 0.736. The molecule has 29 heavy (non-hydrogen) atoms. The van der Waals surface area contributed by atoms with Crippen LogP contribution < -0.4 is 10.6 Å². The molecule has 8 heteroatoms. The zero-order valence-corrected chi connectivity index (χ0v) is 18.0. The Balaban J connectivity index is 1.61. The lowest BCUT2D eigenvalue weighted by Crippen LogP contribution is -2.50. The number of guanidine groups is 1. The number of hydrogen-bond acceptors (Lipinski definition) is 4. The summed E-state index contributed by atoms with van der Waals surface area (Å²) >= 11 is 0. The average Bonchev–Trinajstić information content (AvgIpc) is 2.66. The number of rotatable bonds is 6. The van der Waals surface area contributed by atoms with Crippen LogP contribution in [0.3, 0.4) is 0 Å². The van der Waals surface area contributed by atoms with Crippen LogP contribution in [0.25, 0.3) is 0 Å². The Hall–Kier alpha value is -2.35. The molecule has 1 aromatic carbocycles. The predicted molar refractivity (Wildman–Crippen MR) is 113 cm³/mol. The first-order valence-corrected chi connectivity index (χ1v) is 10.2. The monoisotopic (exact) mass is 407 g/mol. The number of benzene rings is 1. The SMILES string of the molecule is CN=C(NCCCN1CCN(C(=O)OC(C)(C)C)CC1)NCc1cccc(F)c1. The van der Waals surface area contributed by atoms with Gasteiger partial charge in [0.2, 0.25) is 0 Å². The number of carbonyl (C=O) groups is 1. The maximum absolute atomic E-state index is 13.2. The molecule has 1 fully saturated rings. The van der Waals surface area contributed by atoms with Crippen molar-refractivity contribution in [3.8, 4) is 0 Å². The van der Waals surface area contributed by atoms with Crippen molar-refractivity contribution in [2.45, 2.75) is 39.3 Å². The van der Waals surface area contributed by atoms with Gasteiger partial charge in [-0.15, -0.1) is 0 Å². The Kier molecular flexibility index (Phi) is 8.70. The highest BCUT2D eigenvalue weighted by atomic mass is 19.1. The molecule has 1 aromatic rings. The Bertz CT molecular complexity index is 682. The van der Waals surface area contributed by atoms with Gasteiger partial charge in [-0.3, -0.25) is 9.89 Å². The molecule has 2 rings (SSSR count). The van der Waals surface area contributed by atoms with Gasteiger partial charge in [-0.05, 0) is 51.4 Å². The van der Waals surface area contributed by atoms with E-state index < -0.39 is 5.60 Å². The van der Waals surface area contributed by atoms with E-state index in [9.17, 15) is 9.18 Å². The molecule has 0 atom stereocenters. The molecular formula is C21H34FN5O2. The van der Waals surface area contributed by atoms with Crippen LogP contribution in [0.4, 0.5) is 9.18 Å². The van der Waals surface area contributed by atoms with Crippen molar-refractivity contribution in [2.24, 2.45) is 4.99 Å². The maximum Gasteiger partial charge on any atom is 0.410 e. The predicted octanol–water partition coefficient (Wildman–Crippen LogP) is 2.43. The normalized spacial score (nSPS) is 15.9. The highest BCUT2D eigenvalue weighted by molar-refractivity contribution is 5.79. The molecule has 0 spiro atoms. The van der Waals surface area contributed by atoms with Gasteiger partial charge in [-0.1, -0.05) is 12.1 Å². The number of nitrogens with one attached hydrogen (secondary N) is 2. The number of hydrogen-bond donors (Lipinski definition) is 2. The summed E-state index contributed by atoms with van der Waals surface area (Å²) in [7, 11) is 1.72. The van der Waals surface area contributed by atoms with E-state index in [4.69, 9.17) is 4.74 Å². The van der Waals surface area contributed by atoms with Crippen LogP contribution in [-0.2, 0) is 11.3 Å². The number of ether oxygens (including phenoxy) is 1. The molecule has 0 radical (unpaired) electrons. The number of aliphatic imine (C=N–C) groups is 1. The molecule has 1 amide bonds. The van der Waals surface area contributed by atoms with Crippen molar-refractivity contribution < 1.29 is 13.9 Å². The molecule has 0 bridgehead atoms. The molecule has 1 aliphatic heterocycles. The van der Waals surface area contributed by atoms with E-state index in [1.54, 1.807) is 18.0 Å². The maximum atomic E-state index is 13.2. The van der Waals surface area contributed by atoms with E-state index in [1.165, 1.54) is 12.1 Å². The lowest BCUT2D eigenvalue weighted by Gasteiger charge is -2.35. The van der Waals surface area contributed by atoms with Gasteiger partial charge in [0.25, 0.3) is 0 Å². The Morgan fingerprint density at radius 1 is 1.21 bits per heavy atom. The van der Waals surface area contributed by atoms with Crippen LogP contribution in [0.5, 0.6) is 0 Å². The topological polar surface area (TPSA) is 69.2 Å². The number of carbonyl (C=O) groups excluding carboxylic acids is 1. The van der Waals surface area contributed by atoms with E-state index in [0.717, 1.165) is 38.2 Å². The summed E-state index contributed by atoms with van der Waals surface area (Å²) in [6, 6.07) is 6.52. The summed E-state index contributed by atoms with van der Waals surface area (Å²) in [4.78, 5) is 20.4. The fourth-order valence-corrected chi connectivity index (χ4v) is 3.04. The standard InChI is InChI=1S/C21H34FN5O2/c1-21(2,3)29-20(28)27-13-11-26(12-14-27)10-6-9-24-19(23-4)25-16-17-7-5-8-18(22)15-17/h5,7-8,15H,6,9-14,16H2,1-4H3,(H2,23,24,25). The van der Waals surface area contributed by atoms with Crippen molar-refractivity contribution >= 4 is 12.1 Å². The molecule has 0 aliphatic carbocycles. The lowest BCUT2D eigenvalue weighted by atomic mass is 10.2. The van der Waals surface area contributed by atoms with Crippen LogP contribution in [0.15, 0.2) is 29.3 Å². The van der Waals surface area contributed by atoms with Gasteiger partial charge in [0.05, 0.1) is 0 Å². The second-order valence-electron chi connectivity index (χ2n) is 8.15. The fraction of sp³-hybridized carbons (Fsp3) is 0.619. The highest BCUT2D eigenvalue weighted by Gasteiger charge is 2.25. The molecule has 1 saturated heterocycles. The van der Waals surface area contributed by atoms with Crippen molar-refractivity contribution in [1.29, 1.82) is 0 Å². The highest BCUT2D eigenvalue weighted by Crippen LogP contribution is 2.12. The minimum absolute atomic E-state index is 0.230.